The van der Waals surface area contributed by atoms with E-state index in [-0.39, 0.29) is 0 Å². The molecule has 1 saturated heterocycles. The van der Waals surface area contributed by atoms with Gasteiger partial charge in [-0.25, -0.2) is 0 Å². The first-order valence-corrected chi connectivity index (χ1v) is 7.57. The molecule has 1 N–H and O–H groups in total. The summed E-state index contributed by atoms with van der Waals surface area (Å²) in [6.07, 6.45) is 4.60. The van der Waals surface area contributed by atoms with Crippen molar-refractivity contribution in [3.05, 3.63) is 18.0 Å². The number of nitrogens with zero attached hydrogens (tertiary/aromatic N) is 3. The maximum absolute atomic E-state index is 4.65. The van der Waals surface area contributed by atoms with E-state index in [1.54, 1.807) is 0 Å². The van der Waals surface area contributed by atoms with Gasteiger partial charge in [0.2, 0.25) is 0 Å². The highest BCUT2D eigenvalue weighted by Crippen LogP contribution is 2.21. The third kappa shape index (κ3) is 3.57. The van der Waals surface area contributed by atoms with E-state index in [0.717, 1.165) is 12.5 Å². The summed E-state index contributed by atoms with van der Waals surface area (Å²) in [5.41, 5.74) is 1.20. The van der Waals surface area contributed by atoms with Gasteiger partial charge < -0.3 is 5.32 Å². The average molecular weight is 264 g/mol. The lowest BCUT2D eigenvalue weighted by Crippen LogP contribution is -2.47. The summed E-state index contributed by atoms with van der Waals surface area (Å²) in [5.74, 6) is 0.769. The number of rotatable bonds is 5. The third-order valence-corrected chi connectivity index (χ3v) is 4.29. The normalized spacial score (nSPS) is 25.1. The molecule has 2 unspecified atom stereocenters. The minimum absolute atomic E-state index is 0.451. The van der Waals surface area contributed by atoms with Crippen LogP contribution in [0.4, 0.5) is 0 Å². The highest BCUT2D eigenvalue weighted by atomic mass is 15.3. The Morgan fingerprint density at radius 3 is 2.84 bits per heavy atom. The minimum atomic E-state index is 0.451. The first kappa shape index (κ1) is 14.5. The Balaban J connectivity index is 1.92. The molecule has 2 heterocycles. The summed E-state index contributed by atoms with van der Waals surface area (Å²) in [4.78, 5) is 2.55. The van der Waals surface area contributed by atoms with E-state index in [1.807, 2.05) is 4.68 Å². The predicted octanol–water partition coefficient (Wildman–Crippen LogP) is 2.28. The molecule has 1 aromatic heterocycles. The number of nitrogens with one attached hydrogen (secondary N) is 1. The van der Waals surface area contributed by atoms with Gasteiger partial charge in [-0.3, -0.25) is 9.58 Å². The van der Waals surface area contributed by atoms with Crippen molar-refractivity contribution in [1.82, 2.24) is 20.0 Å². The van der Waals surface area contributed by atoms with Crippen LogP contribution >= 0.6 is 0 Å². The van der Waals surface area contributed by atoms with Crippen LogP contribution < -0.4 is 5.32 Å². The van der Waals surface area contributed by atoms with Gasteiger partial charge in [0.05, 0.1) is 5.69 Å². The predicted molar refractivity (Wildman–Crippen MR) is 79.1 cm³/mol. The van der Waals surface area contributed by atoms with Crippen molar-refractivity contribution < 1.29 is 0 Å². The molecule has 108 valence electrons. The zero-order valence-corrected chi connectivity index (χ0v) is 12.8. The Bertz CT molecular complexity index is 385. The van der Waals surface area contributed by atoms with Crippen molar-refractivity contribution in [2.24, 2.45) is 5.92 Å². The zero-order chi connectivity index (χ0) is 13.8. The second-order valence-electron chi connectivity index (χ2n) is 5.97. The summed E-state index contributed by atoms with van der Waals surface area (Å²) >= 11 is 0. The first-order valence-electron chi connectivity index (χ1n) is 7.57. The molecule has 2 rings (SSSR count). The Morgan fingerprint density at radius 2 is 2.26 bits per heavy atom. The monoisotopic (exact) mass is 264 g/mol. The Kier molecular flexibility index (Phi) is 4.99. The molecule has 0 aromatic carbocycles. The lowest BCUT2D eigenvalue weighted by atomic mass is 9.90. The number of likely N-dealkylation sites (tertiary alicyclic amines) is 1. The Labute approximate surface area is 117 Å². The van der Waals surface area contributed by atoms with Crippen LogP contribution in [0.15, 0.2) is 12.3 Å². The summed E-state index contributed by atoms with van der Waals surface area (Å²) in [6.45, 7) is 10.00. The molecule has 1 aliphatic rings. The van der Waals surface area contributed by atoms with Crippen LogP contribution in [-0.4, -0.2) is 40.9 Å². The fraction of sp³-hybridized carbons (Fsp3) is 0.800. The molecule has 4 heteroatoms. The standard InChI is InChI=1S/C15H28N4/c1-5-13-10-18(8-7-15(13)16-4)11-14-6-9-19(17-14)12(2)3/h6,9,12-13,15-16H,5,7-8,10-11H2,1-4H3. The first-order chi connectivity index (χ1) is 9.13. The van der Waals surface area contributed by atoms with Gasteiger partial charge in [-0.05, 0) is 39.3 Å². The van der Waals surface area contributed by atoms with E-state index in [2.05, 4.69) is 55.4 Å². The van der Waals surface area contributed by atoms with Gasteiger partial charge in [-0.15, -0.1) is 0 Å². The van der Waals surface area contributed by atoms with Crippen LogP contribution in [0, 0.1) is 5.92 Å². The molecule has 0 amide bonds. The Hall–Kier alpha value is -0.870. The molecule has 1 fully saturated rings. The summed E-state index contributed by atoms with van der Waals surface area (Å²) in [6, 6.07) is 3.30. The molecule has 0 bridgehead atoms. The number of piperidine rings is 1. The van der Waals surface area contributed by atoms with E-state index < -0.39 is 0 Å². The van der Waals surface area contributed by atoms with Crippen molar-refractivity contribution >= 4 is 0 Å². The second kappa shape index (κ2) is 6.53. The number of hydrogen-bond acceptors (Lipinski definition) is 3. The van der Waals surface area contributed by atoms with Crippen LogP contribution in [0.1, 0.15) is 45.3 Å². The van der Waals surface area contributed by atoms with E-state index in [1.165, 1.54) is 31.6 Å². The number of aromatic nitrogens is 2. The van der Waals surface area contributed by atoms with Gasteiger partial charge in [-0.1, -0.05) is 13.3 Å². The second-order valence-corrected chi connectivity index (χ2v) is 5.97. The topological polar surface area (TPSA) is 33.1 Å². The summed E-state index contributed by atoms with van der Waals surface area (Å²) in [7, 11) is 2.09. The van der Waals surface area contributed by atoms with Gasteiger partial charge in [0.25, 0.3) is 0 Å². The van der Waals surface area contributed by atoms with Crippen molar-refractivity contribution in [2.45, 2.75) is 52.2 Å². The maximum atomic E-state index is 4.65. The molecule has 0 radical (unpaired) electrons. The van der Waals surface area contributed by atoms with Gasteiger partial charge >= 0.3 is 0 Å². The van der Waals surface area contributed by atoms with E-state index in [0.29, 0.717) is 12.1 Å². The van der Waals surface area contributed by atoms with Crippen molar-refractivity contribution in [2.75, 3.05) is 20.1 Å². The molecular formula is C15H28N4. The lowest BCUT2D eigenvalue weighted by molar-refractivity contribution is 0.131. The molecule has 2 atom stereocenters. The highest BCUT2D eigenvalue weighted by Gasteiger charge is 2.27. The molecule has 1 aromatic rings. The summed E-state index contributed by atoms with van der Waals surface area (Å²) in [5, 5.41) is 8.12. The van der Waals surface area contributed by atoms with Crippen LogP contribution in [0.5, 0.6) is 0 Å². The van der Waals surface area contributed by atoms with Crippen LogP contribution in [-0.2, 0) is 6.54 Å². The number of hydrogen-bond donors (Lipinski definition) is 1. The van der Waals surface area contributed by atoms with Gasteiger partial charge in [0.1, 0.15) is 0 Å². The minimum Gasteiger partial charge on any atom is -0.317 e. The van der Waals surface area contributed by atoms with E-state index in [4.69, 9.17) is 0 Å². The van der Waals surface area contributed by atoms with Gasteiger partial charge in [-0.2, -0.15) is 5.10 Å². The summed E-state index contributed by atoms with van der Waals surface area (Å²) < 4.78 is 2.05. The molecule has 0 spiro atoms. The van der Waals surface area contributed by atoms with Crippen molar-refractivity contribution in [1.29, 1.82) is 0 Å². The van der Waals surface area contributed by atoms with Gasteiger partial charge in [0, 0.05) is 37.9 Å². The molecule has 1 aliphatic heterocycles. The van der Waals surface area contributed by atoms with Crippen LogP contribution in [0.2, 0.25) is 0 Å². The van der Waals surface area contributed by atoms with E-state index in [9.17, 15) is 0 Å². The lowest BCUT2D eigenvalue weighted by Gasteiger charge is -2.37. The van der Waals surface area contributed by atoms with Gasteiger partial charge in [0.15, 0.2) is 0 Å². The van der Waals surface area contributed by atoms with E-state index >= 15 is 0 Å². The quantitative estimate of drug-likeness (QED) is 0.886. The molecule has 0 aliphatic carbocycles. The van der Waals surface area contributed by atoms with Crippen molar-refractivity contribution in [3.63, 3.8) is 0 Å². The zero-order valence-electron chi connectivity index (χ0n) is 12.8. The molecular weight excluding hydrogens is 236 g/mol. The SMILES string of the molecule is CCC1CN(Cc2ccn(C(C)C)n2)CCC1NC. The average Bonchev–Trinajstić information content (AvgIpc) is 2.87. The maximum Gasteiger partial charge on any atom is 0.0764 e. The van der Waals surface area contributed by atoms with Crippen molar-refractivity contribution in [3.8, 4) is 0 Å². The largest absolute Gasteiger partial charge is 0.317 e. The molecule has 19 heavy (non-hydrogen) atoms. The molecule has 4 nitrogen and oxygen atoms in total. The fourth-order valence-corrected chi connectivity index (χ4v) is 3.02. The fourth-order valence-electron chi connectivity index (χ4n) is 3.02. The Morgan fingerprint density at radius 1 is 1.47 bits per heavy atom. The van der Waals surface area contributed by atoms with Crippen LogP contribution in [0.3, 0.4) is 0 Å². The highest BCUT2D eigenvalue weighted by molar-refractivity contribution is 5.00. The smallest absolute Gasteiger partial charge is 0.0764 e. The van der Waals surface area contributed by atoms with Crippen LogP contribution in [0.25, 0.3) is 0 Å². The molecule has 0 saturated carbocycles. The third-order valence-electron chi connectivity index (χ3n) is 4.29.